The van der Waals surface area contributed by atoms with E-state index < -0.39 is 23.6 Å². The van der Waals surface area contributed by atoms with E-state index in [0.717, 1.165) is 17.7 Å². The van der Waals surface area contributed by atoms with Gasteiger partial charge in [0.2, 0.25) is 0 Å². The molecule has 0 radical (unpaired) electrons. The molecule has 174 valence electrons. The summed E-state index contributed by atoms with van der Waals surface area (Å²) in [4.78, 5) is 27.1. The van der Waals surface area contributed by atoms with Gasteiger partial charge in [-0.2, -0.15) is 13.2 Å². The topological polar surface area (TPSA) is 54.3 Å². The molecule has 34 heavy (non-hydrogen) atoms. The highest BCUT2D eigenvalue weighted by atomic mass is 32.1. The summed E-state index contributed by atoms with van der Waals surface area (Å²) >= 11 is 5.23. The number of benzene rings is 2. The predicted octanol–water partition coefficient (Wildman–Crippen LogP) is 5.45. The summed E-state index contributed by atoms with van der Waals surface area (Å²) in [6, 6.07) is 15.3. The molecule has 0 saturated carbocycles. The van der Waals surface area contributed by atoms with Gasteiger partial charge in [-0.05, 0) is 72.2 Å². The number of halogens is 3. The second kappa shape index (κ2) is 8.90. The summed E-state index contributed by atoms with van der Waals surface area (Å²) in [5.41, 5.74) is 1.20. The van der Waals surface area contributed by atoms with Crippen molar-refractivity contribution in [2.24, 2.45) is 0 Å². The van der Waals surface area contributed by atoms with E-state index in [4.69, 9.17) is 12.2 Å². The van der Waals surface area contributed by atoms with Crippen LogP contribution in [0.15, 0.2) is 72.4 Å². The number of aromatic nitrogens is 1. The normalized spacial score (nSPS) is 15.9. The van der Waals surface area contributed by atoms with Gasteiger partial charge < -0.3 is 4.57 Å². The molecule has 0 aliphatic carbocycles. The largest absolute Gasteiger partial charge is 0.416 e. The Morgan fingerprint density at radius 1 is 0.971 bits per heavy atom. The van der Waals surface area contributed by atoms with Crippen LogP contribution in [0.5, 0.6) is 0 Å². The summed E-state index contributed by atoms with van der Waals surface area (Å²) in [5.74, 6) is -0.999. The molecule has 1 saturated heterocycles. The molecule has 2 aromatic carbocycles. The van der Waals surface area contributed by atoms with Crippen LogP contribution in [0.3, 0.4) is 0 Å². The van der Waals surface area contributed by atoms with Crippen LogP contribution in [0.2, 0.25) is 0 Å². The second-order valence-corrected chi connectivity index (χ2v) is 8.44. The van der Waals surface area contributed by atoms with E-state index in [-0.39, 0.29) is 16.4 Å². The summed E-state index contributed by atoms with van der Waals surface area (Å²) in [6.45, 7) is 4.10. The zero-order valence-electron chi connectivity index (χ0n) is 18.3. The van der Waals surface area contributed by atoms with Crippen LogP contribution < -0.4 is 10.2 Å². The monoisotopic (exact) mass is 483 g/mol. The number of amides is 2. The van der Waals surface area contributed by atoms with Crippen LogP contribution in [0.4, 0.5) is 18.9 Å². The molecule has 3 aromatic rings. The first kappa shape index (κ1) is 23.4. The van der Waals surface area contributed by atoms with Gasteiger partial charge >= 0.3 is 6.18 Å². The van der Waals surface area contributed by atoms with Gasteiger partial charge in [-0.1, -0.05) is 32.0 Å². The van der Waals surface area contributed by atoms with Crippen molar-refractivity contribution in [1.29, 1.82) is 0 Å². The molecular formula is C25H20F3N3O2S. The van der Waals surface area contributed by atoms with Crippen LogP contribution in [0, 0.1) is 0 Å². The fourth-order valence-electron chi connectivity index (χ4n) is 3.63. The van der Waals surface area contributed by atoms with Gasteiger partial charge in [-0.15, -0.1) is 0 Å². The number of alkyl halides is 3. The highest BCUT2D eigenvalue weighted by Gasteiger charge is 2.35. The Morgan fingerprint density at radius 2 is 1.68 bits per heavy atom. The number of nitrogens with zero attached hydrogens (tertiary/aromatic N) is 2. The highest BCUT2D eigenvalue weighted by molar-refractivity contribution is 7.80. The molecule has 0 atom stereocenters. The molecule has 0 bridgehead atoms. The Hall–Kier alpha value is -3.72. The Bertz CT molecular complexity index is 1310. The molecule has 4 rings (SSSR count). The Morgan fingerprint density at radius 3 is 2.32 bits per heavy atom. The average Bonchev–Trinajstić information content (AvgIpc) is 3.25. The first-order valence-corrected chi connectivity index (χ1v) is 10.8. The van der Waals surface area contributed by atoms with Crippen molar-refractivity contribution in [2.45, 2.75) is 25.9 Å². The summed E-state index contributed by atoms with van der Waals surface area (Å²) in [7, 11) is 0. The maximum absolute atomic E-state index is 13.3. The van der Waals surface area contributed by atoms with Gasteiger partial charge in [0.05, 0.1) is 11.3 Å². The van der Waals surface area contributed by atoms with Gasteiger partial charge in [0.25, 0.3) is 11.8 Å². The van der Waals surface area contributed by atoms with Crippen molar-refractivity contribution in [3.8, 4) is 5.69 Å². The standard InChI is InChI=1S/C25H20F3N3O2S/c1-15(2)16-8-10-18(11-9-16)31-23(33)21(22(32)29-24(31)34)14-20-7-4-12-30(20)19-6-3-5-17(13-19)25(26,27)28/h3-15H,1-2H3,(H,29,32,34)/b21-14+. The molecule has 0 spiro atoms. The number of carbonyl (C=O) groups excluding carboxylic acids is 2. The molecule has 0 unspecified atom stereocenters. The highest BCUT2D eigenvalue weighted by Crippen LogP contribution is 2.31. The Kier molecular flexibility index (Phi) is 6.14. The molecule has 2 amide bonds. The van der Waals surface area contributed by atoms with Gasteiger partial charge in [-0.3, -0.25) is 19.8 Å². The molecular weight excluding hydrogens is 463 g/mol. The van der Waals surface area contributed by atoms with Crippen LogP contribution in [-0.2, 0) is 15.8 Å². The lowest BCUT2D eigenvalue weighted by molar-refractivity contribution is -0.137. The van der Waals surface area contributed by atoms with Gasteiger partial charge in [0, 0.05) is 17.6 Å². The van der Waals surface area contributed by atoms with Crippen molar-refractivity contribution < 1.29 is 22.8 Å². The quantitative estimate of drug-likeness (QED) is 0.305. The third-order valence-electron chi connectivity index (χ3n) is 5.44. The van der Waals surface area contributed by atoms with Crippen LogP contribution >= 0.6 is 12.2 Å². The summed E-state index contributed by atoms with van der Waals surface area (Å²) in [6.07, 6.45) is -1.60. The molecule has 1 fully saturated rings. The van der Waals surface area contributed by atoms with Crippen molar-refractivity contribution in [2.75, 3.05) is 4.90 Å². The minimum absolute atomic E-state index is 0.0438. The number of hydrogen-bond donors (Lipinski definition) is 1. The van der Waals surface area contributed by atoms with E-state index in [1.165, 1.54) is 27.7 Å². The summed E-state index contributed by atoms with van der Waals surface area (Å²) < 4.78 is 40.9. The van der Waals surface area contributed by atoms with E-state index in [0.29, 0.717) is 17.3 Å². The van der Waals surface area contributed by atoms with Crippen molar-refractivity contribution in [3.05, 3.63) is 89.3 Å². The smallest absolute Gasteiger partial charge is 0.317 e. The van der Waals surface area contributed by atoms with Crippen LogP contribution in [0.1, 0.15) is 36.6 Å². The van der Waals surface area contributed by atoms with E-state index in [1.807, 2.05) is 26.0 Å². The molecule has 1 aromatic heterocycles. The molecule has 1 aliphatic heterocycles. The van der Waals surface area contributed by atoms with Gasteiger partial charge in [0.1, 0.15) is 5.57 Å². The summed E-state index contributed by atoms with van der Waals surface area (Å²) in [5, 5.41) is 2.47. The van der Waals surface area contributed by atoms with E-state index in [1.54, 1.807) is 30.5 Å². The lowest BCUT2D eigenvalue weighted by Gasteiger charge is -2.29. The number of anilines is 1. The second-order valence-electron chi connectivity index (χ2n) is 8.06. The zero-order valence-corrected chi connectivity index (χ0v) is 19.1. The lowest BCUT2D eigenvalue weighted by Crippen LogP contribution is -2.54. The SMILES string of the molecule is CC(C)c1ccc(N2C(=O)/C(=C/c3cccn3-c3cccc(C(F)(F)F)c3)C(=O)NC2=S)cc1. The molecule has 5 nitrogen and oxygen atoms in total. The molecule has 9 heteroatoms. The van der Waals surface area contributed by atoms with E-state index >= 15 is 0 Å². The third kappa shape index (κ3) is 4.51. The van der Waals surface area contributed by atoms with Crippen molar-refractivity contribution >= 4 is 40.9 Å². The van der Waals surface area contributed by atoms with Crippen LogP contribution in [-0.4, -0.2) is 21.5 Å². The maximum Gasteiger partial charge on any atom is 0.416 e. The number of carbonyl (C=O) groups is 2. The first-order valence-electron chi connectivity index (χ1n) is 10.4. The van der Waals surface area contributed by atoms with Crippen molar-refractivity contribution in [1.82, 2.24) is 9.88 Å². The number of rotatable bonds is 4. The Balaban J connectivity index is 1.71. The van der Waals surface area contributed by atoms with Crippen LogP contribution in [0.25, 0.3) is 11.8 Å². The lowest BCUT2D eigenvalue weighted by atomic mass is 10.0. The zero-order chi connectivity index (χ0) is 24.6. The number of thiocarbonyl (C=S) groups is 1. The maximum atomic E-state index is 13.3. The van der Waals surface area contributed by atoms with Gasteiger partial charge in [-0.25, -0.2) is 0 Å². The molecule has 1 aliphatic rings. The van der Waals surface area contributed by atoms with E-state index in [9.17, 15) is 22.8 Å². The third-order valence-corrected chi connectivity index (χ3v) is 5.73. The minimum atomic E-state index is -4.50. The minimum Gasteiger partial charge on any atom is -0.317 e. The number of nitrogens with one attached hydrogen (secondary N) is 1. The van der Waals surface area contributed by atoms with Crippen molar-refractivity contribution in [3.63, 3.8) is 0 Å². The fourth-order valence-corrected chi connectivity index (χ4v) is 3.91. The number of hydrogen-bond acceptors (Lipinski definition) is 3. The molecule has 1 N–H and O–H groups in total. The van der Waals surface area contributed by atoms with Gasteiger partial charge in [0.15, 0.2) is 5.11 Å². The fraction of sp³-hybridized carbons (Fsp3) is 0.160. The predicted molar refractivity (Wildman–Crippen MR) is 128 cm³/mol. The Labute approximate surface area is 199 Å². The average molecular weight is 484 g/mol. The first-order chi connectivity index (χ1) is 16.1. The van der Waals surface area contributed by atoms with E-state index in [2.05, 4.69) is 5.32 Å². The molecule has 2 heterocycles.